The first-order valence-electron chi connectivity index (χ1n) is 11.8. The van der Waals surface area contributed by atoms with Crippen molar-refractivity contribution in [3.63, 3.8) is 0 Å². The van der Waals surface area contributed by atoms with Gasteiger partial charge in [-0.2, -0.15) is 5.26 Å². The second-order valence-corrected chi connectivity index (χ2v) is 13.9. The number of carbonyl (C=O) groups is 1. The smallest absolute Gasteiger partial charge is 0.261 e. The van der Waals surface area contributed by atoms with Gasteiger partial charge in [0.05, 0.1) is 11.6 Å². The van der Waals surface area contributed by atoms with Crippen molar-refractivity contribution in [2.45, 2.75) is 45.6 Å². The molecule has 0 spiro atoms. The molecule has 34 heavy (non-hydrogen) atoms. The number of hydrogen-bond donors (Lipinski definition) is 0. The van der Waals surface area contributed by atoms with Crippen LogP contribution in [0.15, 0.2) is 84.9 Å². The number of amides is 1. The summed E-state index contributed by atoms with van der Waals surface area (Å²) in [7, 11) is -2.54. The summed E-state index contributed by atoms with van der Waals surface area (Å²) in [5.41, 5.74) is 1.32. The highest BCUT2D eigenvalue weighted by Gasteiger charge is 2.49. The van der Waals surface area contributed by atoms with Crippen molar-refractivity contribution in [3.8, 4) is 6.07 Å². The van der Waals surface area contributed by atoms with Crippen molar-refractivity contribution < 1.29 is 9.22 Å². The van der Waals surface area contributed by atoms with Crippen LogP contribution in [0, 0.1) is 11.3 Å². The Hall–Kier alpha value is -3.20. The normalized spacial score (nSPS) is 11.6. The summed E-state index contributed by atoms with van der Waals surface area (Å²) in [6.45, 7) is 9.61. The molecule has 3 aromatic rings. The van der Waals surface area contributed by atoms with Gasteiger partial charge >= 0.3 is 0 Å². The Morgan fingerprint density at radius 1 is 0.912 bits per heavy atom. The Kier molecular flexibility index (Phi) is 8.44. The van der Waals surface area contributed by atoms with E-state index < -0.39 is 8.32 Å². The van der Waals surface area contributed by atoms with Gasteiger partial charge in [-0.15, -0.1) is 0 Å². The van der Waals surface area contributed by atoms with Crippen LogP contribution in [0.2, 0.25) is 5.04 Å². The van der Waals surface area contributed by atoms with E-state index in [9.17, 15) is 10.1 Å². The summed E-state index contributed by atoms with van der Waals surface area (Å²) in [4.78, 5) is 14.0. The number of carbonyl (C=O) groups excluding carboxylic acids is 1. The van der Waals surface area contributed by atoms with Crippen molar-refractivity contribution in [2.24, 2.45) is 0 Å². The highest BCUT2D eigenvalue weighted by Crippen LogP contribution is 2.36. The fourth-order valence-corrected chi connectivity index (χ4v) is 9.18. The van der Waals surface area contributed by atoms with E-state index in [1.54, 1.807) is 24.0 Å². The molecule has 0 unspecified atom stereocenters. The lowest BCUT2D eigenvalue weighted by atomic mass is 10.2. The molecule has 0 saturated carbocycles. The lowest BCUT2D eigenvalue weighted by Gasteiger charge is -2.43. The first-order chi connectivity index (χ1) is 16.3. The summed E-state index contributed by atoms with van der Waals surface area (Å²) >= 11 is 0. The van der Waals surface area contributed by atoms with Gasteiger partial charge in [0, 0.05) is 25.8 Å². The Morgan fingerprint density at radius 2 is 1.50 bits per heavy atom. The van der Waals surface area contributed by atoms with Crippen molar-refractivity contribution in [2.75, 3.05) is 18.1 Å². The third-order valence-corrected chi connectivity index (χ3v) is 11.2. The number of nitriles is 1. The van der Waals surface area contributed by atoms with Gasteiger partial charge in [0.2, 0.25) is 5.91 Å². The molecule has 0 aliphatic rings. The van der Waals surface area contributed by atoms with Gasteiger partial charge in [0.15, 0.2) is 0 Å². The van der Waals surface area contributed by atoms with E-state index in [2.05, 4.69) is 75.4 Å². The second-order valence-electron chi connectivity index (χ2n) is 9.55. The molecule has 4 nitrogen and oxygen atoms in total. The van der Waals surface area contributed by atoms with Crippen LogP contribution in [0.5, 0.6) is 0 Å². The zero-order valence-electron chi connectivity index (χ0n) is 20.6. The van der Waals surface area contributed by atoms with Gasteiger partial charge in [0.1, 0.15) is 0 Å². The monoisotopic (exact) mass is 470 g/mol. The lowest BCUT2D eigenvalue weighted by Crippen LogP contribution is -2.66. The first kappa shape index (κ1) is 25.4. The van der Waals surface area contributed by atoms with Gasteiger partial charge in [-0.1, -0.05) is 87.5 Å². The SMILES string of the molecule is CC(=O)N(CCCCO[Si](c1ccccc1)(c1ccccc1)C(C)(C)C)c1cccc(C#N)c1. The molecule has 0 atom stereocenters. The van der Waals surface area contributed by atoms with Crippen LogP contribution in [0.4, 0.5) is 5.69 Å². The summed E-state index contributed by atoms with van der Waals surface area (Å²) in [5.74, 6) is -0.0250. The van der Waals surface area contributed by atoms with E-state index in [-0.39, 0.29) is 10.9 Å². The quantitative estimate of drug-likeness (QED) is 0.316. The molecule has 3 rings (SSSR count). The molecule has 1 amide bonds. The second kappa shape index (κ2) is 11.3. The minimum Gasteiger partial charge on any atom is -0.407 e. The van der Waals surface area contributed by atoms with Crippen LogP contribution in [-0.2, 0) is 9.22 Å². The molecule has 0 N–H and O–H groups in total. The van der Waals surface area contributed by atoms with Crippen LogP contribution in [0.25, 0.3) is 0 Å². The molecule has 0 saturated heterocycles. The average Bonchev–Trinajstić information content (AvgIpc) is 2.84. The van der Waals surface area contributed by atoms with Gasteiger partial charge in [0.25, 0.3) is 8.32 Å². The topological polar surface area (TPSA) is 53.3 Å². The molecule has 0 radical (unpaired) electrons. The predicted molar refractivity (Wildman–Crippen MR) is 142 cm³/mol. The van der Waals surface area contributed by atoms with E-state index in [1.165, 1.54) is 10.4 Å². The van der Waals surface area contributed by atoms with Crippen LogP contribution in [0.1, 0.15) is 46.1 Å². The number of nitrogens with zero attached hydrogens (tertiary/aromatic N) is 2. The lowest BCUT2D eigenvalue weighted by molar-refractivity contribution is -0.116. The maximum Gasteiger partial charge on any atom is 0.261 e. The fourth-order valence-electron chi connectivity index (χ4n) is 4.57. The molecule has 0 heterocycles. The van der Waals surface area contributed by atoms with Crippen LogP contribution < -0.4 is 15.3 Å². The van der Waals surface area contributed by atoms with Gasteiger partial charge in [-0.05, 0) is 46.5 Å². The van der Waals surface area contributed by atoms with Crippen molar-refractivity contribution in [1.82, 2.24) is 0 Å². The van der Waals surface area contributed by atoms with Crippen molar-refractivity contribution >= 4 is 30.3 Å². The molecule has 0 aromatic heterocycles. The van der Waals surface area contributed by atoms with E-state index >= 15 is 0 Å². The zero-order valence-corrected chi connectivity index (χ0v) is 21.6. The van der Waals surface area contributed by atoms with E-state index in [4.69, 9.17) is 4.43 Å². The Morgan fingerprint density at radius 3 is 2.00 bits per heavy atom. The number of rotatable bonds is 9. The molecule has 5 heteroatoms. The molecule has 0 bridgehead atoms. The Balaban J connectivity index is 1.76. The third-order valence-electron chi connectivity index (χ3n) is 6.18. The fraction of sp³-hybridized carbons (Fsp3) is 0.310. The van der Waals surface area contributed by atoms with Crippen molar-refractivity contribution in [1.29, 1.82) is 5.26 Å². The number of anilines is 1. The van der Waals surface area contributed by atoms with Crippen molar-refractivity contribution in [3.05, 3.63) is 90.5 Å². The van der Waals surface area contributed by atoms with Gasteiger partial charge < -0.3 is 9.33 Å². The molecule has 0 fully saturated rings. The maximum absolute atomic E-state index is 12.3. The molecular formula is C29H34N2O2Si. The Labute approximate surface area is 204 Å². The predicted octanol–water partition coefficient (Wildman–Crippen LogP) is 5.27. The van der Waals surface area contributed by atoms with E-state index in [0.717, 1.165) is 18.5 Å². The summed E-state index contributed by atoms with van der Waals surface area (Å²) in [6, 6.07) is 30.6. The number of benzene rings is 3. The zero-order chi connectivity index (χ0) is 24.6. The highest BCUT2D eigenvalue weighted by molar-refractivity contribution is 6.99. The van der Waals surface area contributed by atoms with E-state index in [1.807, 2.05) is 24.3 Å². The van der Waals surface area contributed by atoms with Gasteiger partial charge in [-0.3, -0.25) is 4.79 Å². The summed E-state index contributed by atoms with van der Waals surface area (Å²) in [5, 5.41) is 11.7. The minimum atomic E-state index is -2.54. The van der Waals surface area contributed by atoms with Crippen LogP contribution in [-0.4, -0.2) is 27.4 Å². The first-order valence-corrected chi connectivity index (χ1v) is 13.7. The minimum absolute atomic E-state index is 0.0250. The molecule has 176 valence electrons. The van der Waals surface area contributed by atoms with Crippen LogP contribution >= 0.6 is 0 Å². The molecule has 0 aliphatic carbocycles. The highest BCUT2D eigenvalue weighted by atomic mass is 28.4. The standard InChI is InChI=1S/C29H34N2O2Si/c1-24(32)31(26-15-13-14-25(22-26)23-30)20-11-12-21-33-34(29(2,3)4,27-16-7-5-8-17-27)28-18-9-6-10-19-28/h5-10,13-19,22H,11-12,20-21H2,1-4H3. The maximum atomic E-state index is 12.3. The Bertz CT molecular complexity index is 1080. The molecule has 0 aliphatic heterocycles. The summed E-state index contributed by atoms with van der Waals surface area (Å²) < 4.78 is 6.94. The third kappa shape index (κ3) is 5.64. The van der Waals surface area contributed by atoms with E-state index in [0.29, 0.717) is 18.7 Å². The number of unbranched alkanes of at least 4 members (excludes halogenated alkanes) is 1. The van der Waals surface area contributed by atoms with Gasteiger partial charge in [-0.25, -0.2) is 0 Å². The number of hydrogen-bond acceptors (Lipinski definition) is 3. The molecule has 3 aromatic carbocycles. The largest absolute Gasteiger partial charge is 0.407 e. The average molecular weight is 471 g/mol. The molecular weight excluding hydrogens is 436 g/mol. The summed E-state index contributed by atoms with van der Waals surface area (Å²) in [6.07, 6.45) is 1.65. The van der Waals surface area contributed by atoms with Crippen LogP contribution in [0.3, 0.4) is 0 Å².